The molecule has 0 bridgehead atoms. The average molecular weight is 324 g/mol. The summed E-state index contributed by atoms with van der Waals surface area (Å²) < 4.78 is 0. The van der Waals surface area contributed by atoms with Gasteiger partial charge in [-0.15, -0.1) is 0 Å². The van der Waals surface area contributed by atoms with Gasteiger partial charge in [-0.05, 0) is 47.7 Å². The maximum absolute atomic E-state index is 12.1. The summed E-state index contributed by atoms with van der Waals surface area (Å²) >= 11 is 0. The van der Waals surface area contributed by atoms with Crippen molar-refractivity contribution in [1.29, 1.82) is 0 Å². The van der Waals surface area contributed by atoms with Gasteiger partial charge in [-0.3, -0.25) is 14.9 Å². The molecule has 2 aromatic carbocycles. The van der Waals surface area contributed by atoms with Crippen LogP contribution in [-0.2, 0) is 4.79 Å². The van der Waals surface area contributed by atoms with Crippen molar-refractivity contribution in [3.63, 3.8) is 0 Å². The van der Waals surface area contributed by atoms with E-state index >= 15 is 0 Å². The summed E-state index contributed by atoms with van der Waals surface area (Å²) in [5.74, 6) is 0.129. The van der Waals surface area contributed by atoms with Gasteiger partial charge in [0.25, 0.3) is 5.69 Å². The lowest BCUT2D eigenvalue weighted by molar-refractivity contribution is -0.384. The number of carbonyl (C=O) groups is 1. The van der Waals surface area contributed by atoms with Gasteiger partial charge < -0.3 is 5.32 Å². The van der Waals surface area contributed by atoms with E-state index in [1.807, 2.05) is 24.3 Å². The van der Waals surface area contributed by atoms with Gasteiger partial charge in [-0.25, -0.2) is 0 Å². The highest BCUT2D eigenvalue weighted by Crippen LogP contribution is 2.26. The van der Waals surface area contributed by atoms with Crippen molar-refractivity contribution >= 4 is 23.4 Å². The average Bonchev–Trinajstić information content (AvgIpc) is 2.60. The van der Waals surface area contributed by atoms with Crippen LogP contribution in [-0.4, -0.2) is 10.8 Å². The number of benzene rings is 2. The fourth-order valence-electron chi connectivity index (χ4n) is 2.31. The van der Waals surface area contributed by atoms with Gasteiger partial charge in [0, 0.05) is 23.9 Å². The molecule has 0 spiro atoms. The summed E-state index contributed by atoms with van der Waals surface area (Å²) in [4.78, 5) is 22.3. The molecular weight excluding hydrogens is 304 g/mol. The third-order valence-electron chi connectivity index (χ3n) is 3.89. The normalized spacial score (nSPS) is 12.1. The summed E-state index contributed by atoms with van der Waals surface area (Å²) in [5.41, 5.74) is 2.67. The first-order valence-electron chi connectivity index (χ1n) is 7.83. The van der Waals surface area contributed by atoms with Gasteiger partial charge in [0.05, 0.1) is 4.92 Å². The van der Waals surface area contributed by atoms with Gasteiger partial charge in [-0.1, -0.05) is 32.0 Å². The van der Waals surface area contributed by atoms with Crippen LogP contribution >= 0.6 is 0 Å². The van der Waals surface area contributed by atoms with Crippen molar-refractivity contribution in [3.05, 3.63) is 75.8 Å². The molecule has 0 saturated carbocycles. The minimum Gasteiger partial charge on any atom is -0.322 e. The minimum atomic E-state index is -0.452. The van der Waals surface area contributed by atoms with Crippen LogP contribution < -0.4 is 5.32 Å². The van der Waals surface area contributed by atoms with E-state index in [9.17, 15) is 14.9 Å². The molecule has 0 fully saturated rings. The Morgan fingerprint density at radius 2 is 1.88 bits per heavy atom. The van der Waals surface area contributed by atoms with E-state index in [1.54, 1.807) is 18.2 Å². The number of anilines is 1. The molecule has 0 aliphatic heterocycles. The highest BCUT2D eigenvalue weighted by molar-refractivity contribution is 6.02. The molecule has 124 valence electrons. The molecule has 0 aliphatic rings. The van der Waals surface area contributed by atoms with Gasteiger partial charge in [0.1, 0.15) is 0 Å². The highest BCUT2D eigenvalue weighted by Gasteiger charge is 2.09. The molecule has 0 heterocycles. The standard InChI is InChI=1S/C19H20N2O3/c1-3-14(2)17-6-4-5-7-18(17)20-19(22)13-10-15-8-11-16(12-9-15)21(23)24/h4-14H,3H2,1-2H3,(H,20,22)/b13-10+/t14-/m0/s1. The first-order chi connectivity index (χ1) is 11.5. The van der Waals surface area contributed by atoms with Crippen LogP contribution in [0.4, 0.5) is 11.4 Å². The number of nitro groups is 1. The van der Waals surface area contributed by atoms with Crippen molar-refractivity contribution in [3.8, 4) is 0 Å². The molecule has 1 atom stereocenters. The van der Waals surface area contributed by atoms with E-state index in [4.69, 9.17) is 0 Å². The Bertz CT molecular complexity index is 751. The number of amides is 1. The number of nitrogens with zero attached hydrogens (tertiary/aromatic N) is 1. The van der Waals surface area contributed by atoms with Gasteiger partial charge >= 0.3 is 0 Å². The summed E-state index contributed by atoms with van der Waals surface area (Å²) in [6, 6.07) is 13.8. The number of hydrogen-bond acceptors (Lipinski definition) is 3. The highest BCUT2D eigenvalue weighted by atomic mass is 16.6. The molecule has 2 aromatic rings. The molecule has 2 rings (SSSR count). The zero-order valence-corrected chi connectivity index (χ0v) is 13.7. The second-order valence-corrected chi connectivity index (χ2v) is 5.57. The van der Waals surface area contributed by atoms with E-state index in [0.717, 1.165) is 23.2 Å². The molecule has 0 unspecified atom stereocenters. The van der Waals surface area contributed by atoms with Crippen LogP contribution in [0.2, 0.25) is 0 Å². The van der Waals surface area contributed by atoms with Crippen LogP contribution in [0.15, 0.2) is 54.6 Å². The summed E-state index contributed by atoms with van der Waals surface area (Å²) in [6.07, 6.45) is 4.05. The quantitative estimate of drug-likeness (QED) is 0.473. The second-order valence-electron chi connectivity index (χ2n) is 5.57. The van der Waals surface area contributed by atoms with Crippen LogP contribution in [0, 0.1) is 10.1 Å². The van der Waals surface area contributed by atoms with Crippen molar-refractivity contribution in [1.82, 2.24) is 0 Å². The molecule has 0 aliphatic carbocycles. The topological polar surface area (TPSA) is 72.2 Å². The second kappa shape index (κ2) is 8.06. The molecule has 5 heteroatoms. The van der Waals surface area contributed by atoms with Crippen LogP contribution in [0.1, 0.15) is 37.3 Å². The number of rotatable bonds is 6. The monoisotopic (exact) mass is 324 g/mol. The molecule has 0 radical (unpaired) electrons. The Hall–Kier alpha value is -2.95. The number of nitrogens with one attached hydrogen (secondary N) is 1. The largest absolute Gasteiger partial charge is 0.322 e. The van der Waals surface area contributed by atoms with E-state index < -0.39 is 4.92 Å². The van der Waals surface area contributed by atoms with Crippen molar-refractivity contribution in [2.45, 2.75) is 26.2 Å². The fourth-order valence-corrected chi connectivity index (χ4v) is 2.31. The lowest BCUT2D eigenvalue weighted by atomic mass is 9.97. The Balaban J connectivity index is 2.07. The van der Waals surface area contributed by atoms with Crippen molar-refractivity contribution in [2.24, 2.45) is 0 Å². The van der Waals surface area contributed by atoms with Crippen molar-refractivity contribution in [2.75, 3.05) is 5.32 Å². The van der Waals surface area contributed by atoms with Crippen LogP contribution in [0.3, 0.4) is 0 Å². The number of nitro benzene ring substituents is 1. The molecule has 0 saturated heterocycles. The predicted octanol–water partition coefficient (Wildman–Crippen LogP) is 4.76. The van der Waals surface area contributed by atoms with Gasteiger partial charge in [0.2, 0.25) is 5.91 Å². The number of hydrogen-bond donors (Lipinski definition) is 1. The Labute approximate surface area is 141 Å². The summed E-state index contributed by atoms with van der Waals surface area (Å²) in [6.45, 7) is 4.23. The minimum absolute atomic E-state index is 0.0269. The predicted molar refractivity (Wildman–Crippen MR) is 95.9 cm³/mol. The van der Waals surface area contributed by atoms with E-state index in [0.29, 0.717) is 5.92 Å². The zero-order chi connectivity index (χ0) is 17.5. The fraction of sp³-hybridized carbons (Fsp3) is 0.211. The van der Waals surface area contributed by atoms with E-state index in [2.05, 4.69) is 19.2 Å². The molecule has 24 heavy (non-hydrogen) atoms. The van der Waals surface area contributed by atoms with Crippen LogP contribution in [0.5, 0.6) is 0 Å². The molecule has 1 N–H and O–H groups in total. The zero-order valence-electron chi connectivity index (χ0n) is 13.7. The molecular formula is C19H20N2O3. The Morgan fingerprint density at radius 1 is 1.21 bits per heavy atom. The molecule has 0 aromatic heterocycles. The number of para-hydroxylation sites is 1. The lowest BCUT2D eigenvalue weighted by Gasteiger charge is -2.14. The van der Waals surface area contributed by atoms with Gasteiger partial charge in [-0.2, -0.15) is 0 Å². The van der Waals surface area contributed by atoms with E-state index in [-0.39, 0.29) is 11.6 Å². The maximum atomic E-state index is 12.1. The summed E-state index contributed by atoms with van der Waals surface area (Å²) in [7, 11) is 0. The van der Waals surface area contributed by atoms with Crippen molar-refractivity contribution < 1.29 is 9.72 Å². The molecule has 5 nitrogen and oxygen atoms in total. The number of carbonyl (C=O) groups excluding carboxylic acids is 1. The van der Waals surface area contributed by atoms with Gasteiger partial charge in [0.15, 0.2) is 0 Å². The first-order valence-corrected chi connectivity index (χ1v) is 7.83. The third-order valence-corrected chi connectivity index (χ3v) is 3.89. The van der Waals surface area contributed by atoms with Crippen LogP contribution in [0.25, 0.3) is 6.08 Å². The van der Waals surface area contributed by atoms with E-state index in [1.165, 1.54) is 18.2 Å². The SMILES string of the molecule is CC[C@H](C)c1ccccc1NC(=O)/C=C/c1ccc([N+](=O)[O-])cc1. The molecule has 1 amide bonds. The lowest BCUT2D eigenvalue weighted by Crippen LogP contribution is -2.10. The maximum Gasteiger partial charge on any atom is 0.269 e. The summed E-state index contributed by atoms with van der Waals surface area (Å²) in [5, 5.41) is 13.5. The Kier molecular flexibility index (Phi) is 5.84. The first kappa shape index (κ1) is 17.4. The Morgan fingerprint density at radius 3 is 2.50 bits per heavy atom. The smallest absolute Gasteiger partial charge is 0.269 e. The number of non-ortho nitro benzene ring substituents is 1. The third kappa shape index (κ3) is 4.52.